The van der Waals surface area contributed by atoms with Crippen molar-refractivity contribution in [1.82, 2.24) is 5.32 Å². The molecule has 1 heterocycles. The SMILES string of the molecule is Cc1ccc2c(c1)OC(C)(C)CC2NC(=O)C(C)Oc1cccc2c1CCCC2. The summed E-state index contributed by atoms with van der Waals surface area (Å²) in [5.41, 5.74) is 4.48. The van der Waals surface area contributed by atoms with E-state index in [4.69, 9.17) is 9.47 Å². The molecule has 0 aromatic heterocycles. The molecule has 1 N–H and O–H groups in total. The zero-order valence-electron chi connectivity index (χ0n) is 17.9. The van der Waals surface area contributed by atoms with E-state index < -0.39 is 6.10 Å². The van der Waals surface area contributed by atoms with Crippen LogP contribution in [-0.2, 0) is 17.6 Å². The highest BCUT2D eigenvalue weighted by Crippen LogP contribution is 2.40. The summed E-state index contributed by atoms with van der Waals surface area (Å²) in [5.74, 6) is 1.62. The second-order valence-corrected chi connectivity index (χ2v) is 9.03. The third kappa shape index (κ3) is 4.26. The van der Waals surface area contributed by atoms with Gasteiger partial charge in [-0.2, -0.15) is 0 Å². The van der Waals surface area contributed by atoms with Crippen LogP contribution < -0.4 is 14.8 Å². The highest BCUT2D eigenvalue weighted by Gasteiger charge is 2.35. The predicted molar refractivity (Wildman–Crippen MR) is 115 cm³/mol. The summed E-state index contributed by atoms with van der Waals surface area (Å²) in [6, 6.07) is 12.3. The molecule has 2 aromatic rings. The van der Waals surface area contributed by atoms with E-state index in [1.54, 1.807) is 0 Å². The molecule has 2 aromatic carbocycles. The van der Waals surface area contributed by atoms with Crippen LogP contribution in [-0.4, -0.2) is 17.6 Å². The molecular formula is C25H31NO3. The molecule has 0 spiro atoms. The van der Waals surface area contributed by atoms with Crippen LogP contribution in [0.1, 0.15) is 68.3 Å². The van der Waals surface area contributed by atoms with Crippen molar-refractivity contribution in [2.24, 2.45) is 0 Å². The first kappa shape index (κ1) is 19.8. The van der Waals surface area contributed by atoms with Gasteiger partial charge in [0.2, 0.25) is 0 Å². The number of hydrogen-bond donors (Lipinski definition) is 1. The molecule has 29 heavy (non-hydrogen) atoms. The average molecular weight is 394 g/mol. The molecule has 4 nitrogen and oxygen atoms in total. The Morgan fingerprint density at radius 2 is 2.00 bits per heavy atom. The Kier molecular flexibility index (Phi) is 5.28. The summed E-state index contributed by atoms with van der Waals surface area (Å²) in [6.45, 7) is 8.01. The minimum Gasteiger partial charge on any atom is -0.487 e. The minimum atomic E-state index is -0.553. The highest BCUT2D eigenvalue weighted by molar-refractivity contribution is 5.81. The zero-order valence-corrected chi connectivity index (χ0v) is 17.9. The number of nitrogens with one attached hydrogen (secondary N) is 1. The van der Waals surface area contributed by atoms with Crippen molar-refractivity contribution in [3.8, 4) is 11.5 Å². The summed E-state index contributed by atoms with van der Waals surface area (Å²) in [4.78, 5) is 13.0. The molecular weight excluding hydrogens is 362 g/mol. The van der Waals surface area contributed by atoms with Crippen LogP contribution in [0.25, 0.3) is 0 Å². The van der Waals surface area contributed by atoms with Gasteiger partial charge in [0.05, 0.1) is 6.04 Å². The Labute approximate surface area is 173 Å². The standard InChI is InChI=1S/C25H31NO3/c1-16-12-13-20-21(15-25(3,4)29-23(20)14-16)26-24(27)17(2)28-22-11-7-9-18-8-5-6-10-19(18)22/h7,9,11-14,17,21H,5-6,8,10,15H2,1-4H3,(H,26,27). The second-order valence-electron chi connectivity index (χ2n) is 9.03. The average Bonchev–Trinajstić information content (AvgIpc) is 2.67. The summed E-state index contributed by atoms with van der Waals surface area (Å²) in [5, 5.41) is 3.21. The minimum absolute atomic E-state index is 0.0856. The van der Waals surface area contributed by atoms with Gasteiger partial charge in [-0.1, -0.05) is 24.3 Å². The fraction of sp³-hybridized carbons (Fsp3) is 0.480. The van der Waals surface area contributed by atoms with E-state index in [9.17, 15) is 4.79 Å². The van der Waals surface area contributed by atoms with Gasteiger partial charge < -0.3 is 14.8 Å². The van der Waals surface area contributed by atoms with Crippen LogP contribution >= 0.6 is 0 Å². The maximum absolute atomic E-state index is 13.0. The summed E-state index contributed by atoms with van der Waals surface area (Å²) in [6.07, 6.45) is 4.71. The molecule has 0 bridgehead atoms. The fourth-order valence-electron chi connectivity index (χ4n) is 4.48. The van der Waals surface area contributed by atoms with Crippen molar-refractivity contribution >= 4 is 5.91 Å². The molecule has 4 rings (SSSR count). The van der Waals surface area contributed by atoms with Crippen LogP contribution in [0.4, 0.5) is 0 Å². The summed E-state index contributed by atoms with van der Waals surface area (Å²) in [7, 11) is 0. The lowest BCUT2D eigenvalue weighted by Gasteiger charge is -2.38. The lowest BCUT2D eigenvalue weighted by Crippen LogP contribution is -2.44. The van der Waals surface area contributed by atoms with E-state index in [2.05, 4.69) is 44.3 Å². The topological polar surface area (TPSA) is 47.6 Å². The van der Waals surface area contributed by atoms with E-state index in [0.717, 1.165) is 41.9 Å². The molecule has 1 aliphatic heterocycles. The van der Waals surface area contributed by atoms with Gasteiger partial charge in [-0.3, -0.25) is 4.79 Å². The van der Waals surface area contributed by atoms with Gasteiger partial charge in [0.1, 0.15) is 17.1 Å². The van der Waals surface area contributed by atoms with Crippen LogP contribution in [0.5, 0.6) is 11.5 Å². The first-order valence-electron chi connectivity index (χ1n) is 10.7. The maximum Gasteiger partial charge on any atom is 0.261 e. The van der Waals surface area contributed by atoms with Gasteiger partial charge in [0.15, 0.2) is 6.10 Å². The quantitative estimate of drug-likeness (QED) is 0.790. The summed E-state index contributed by atoms with van der Waals surface area (Å²) < 4.78 is 12.3. The van der Waals surface area contributed by atoms with Crippen molar-refractivity contribution in [3.63, 3.8) is 0 Å². The molecule has 1 amide bonds. The molecule has 154 valence electrons. The van der Waals surface area contributed by atoms with Gasteiger partial charge in [-0.05, 0) is 82.2 Å². The lowest BCUT2D eigenvalue weighted by molar-refractivity contribution is -0.128. The van der Waals surface area contributed by atoms with Crippen LogP contribution in [0, 0.1) is 6.92 Å². The van der Waals surface area contributed by atoms with E-state index in [0.29, 0.717) is 0 Å². The first-order valence-corrected chi connectivity index (χ1v) is 10.7. The first-order chi connectivity index (χ1) is 13.8. The van der Waals surface area contributed by atoms with Crippen molar-refractivity contribution in [1.29, 1.82) is 0 Å². The molecule has 0 fully saturated rings. The van der Waals surface area contributed by atoms with Crippen LogP contribution in [0.2, 0.25) is 0 Å². The third-order valence-corrected chi connectivity index (χ3v) is 5.97. The van der Waals surface area contributed by atoms with E-state index >= 15 is 0 Å². The van der Waals surface area contributed by atoms with Crippen LogP contribution in [0.15, 0.2) is 36.4 Å². The molecule has 2 atom stereocenters. The summed E-state index contributed by atoms with van der Waals surface area (Å²) >= 11 is 0. The second kappa shape index (κ2) is 7.74. The van der Waals surface area contributed by atoms with E-state index in [-0.39, 0.29) is 17.6 Å². The third-order valence-electron chi connectivity index (χ3n) is 5.97. The van der Waals surface area contributed by atoms with Gasteiger partial charge in [-0.25, -0.2) is 0 Å². The zero-order chi connectivity index (χ0) is 20.6. The number of aryl methyl sites for hydroxylation is 2. The molecule has 2 unspecified atom stereocenters. The Bertz CT molecular complexity index is 918. The Morgan fingerprint density at radius 3 is 2.83 bits per heavy atom. The number of hydrogen-bond acceptors (Lipinski definition) is 3. The van der Waals surface area contributed by atoms with Crippen molar-refractivity contribution < 1.29 is 14.3 Å². The molecule has 0 saturated heterocycles. The molecule has 2 aliphatic rings. The van der Waals surface area contributed by atoms with Crippen molar-refractivity contribution in [3.05, 3.63) is 58.7 Å². The number of rotatable bonds is 4. The molecule has 1 aliphatic carbocycles. The van der Waals surface area contributed by atoms with E-state index in [1.165, 1.54) is 24.0 Å². The lowest BCUT2D eigenvalue weighted by atomic mass is 9.89. The smallest absolute Gasteiger partial charge is 0.261 e. The largest absolute Gasteiger partial charge is 0.487 e. The van der Waals surface area contributed by atoms with Gasteiger partial charge in [-0.15, -0.1) is 0 Å². The molecule has 4 heteroatoms. The predicted octanol–water partition coefficient (Wildman–Crippen LogP) is 5.06. The van der Waals surface area contributed by atoms with Gasteiger partial charge >= 0.3 is 0 Å². The highest BCUT2D eigenvalue weighted by atomic mass is 16.5. The number of carbonyl (C=O) groups is 1. The fourth-order valence-corrected chi connectivity index (χ4v) is 4.48. The number of carbonyl (C=O) groups excluding carboxylic acids is 1. The van der Waals surface area contributed by atoms with Crippen LogP contribution in [0.3, 0.4) is 0 Å². The Morgan fingerprint density at radius 1 is 1.21 bits per heavy atom. The Hall–Kier alpha value is -2.49. The number of ether oxygens (including phenoxy) is 2. The Balaban J connectivity index is 1.50. The number of benzene rings is 2. The number of fused-ring (bicyclic) bond motifs is 2. The van der Waals surface area contributed by atoms with Crippen molar-refractivity contribution in [2.45, 2.75) is 77.5 Å². The molecule has 0 radical (unpaired) electrons. The normalized spacial score (nSPS) is 20.6. The van der Waals surface area contributed by atoms with Gasteiger partial charge in [0.25, 0.3) is 5.91 Å². The van der Waals surface area contributed by atoms with Crippen molar-refractivity contribution in [2.75, 3.05) is 0 Å². The number of amides is 1. The molecule has 0 saturated carbocycles. The maximum atomic E-state index is 13.0. The van der Waals surface area contributed by atoms with E-state index in [1.807, 2.05) is 25.1 Å². The monoisotopic (exact) mass is 393 g/mol. The van der Waals surface area contributed by atoms with Gasteiger partial charge in [0, 0.05) is 12.0 Å².